The second-order valence-corrected chi connectivity index (χ2v) is 6.13. The van der Waals surface area contributed by atoms with Gasteiger partial charge in [0, 0.05) is 6.04 Å². The van der Waals surface area contributed by atoms with Crippen LogP contribution in [-0.2, 0) is 11.0 Å². The molecule has 1 aromatic carbocycles. The zero-order valence-corrected chi connectivity index (χ0v) is 13.4. The second-order valence-electron chi connectivity index (χ2n) is 6.13. The van der Waals surface area contributed by atoms with E-state index in [1.54, 1.807) is 6.07 Å². The molecular formula is C18H19F3N2O. The number of nitrogens with one attached hydrogen (secondary N) is 1. The zero-order valence-electron chi connectivity index (χ0n) is 13.4. The van der Waals surface area contributed by atoms with E-state index in [1.165, 1.54) is 18.2 Å². The van der Waals surface area contributed by atoms with Gasteiger partial charge >= 0.3 is 6.18 Å². The quantitative estimate of drug-likeness (QED) is 0.661. The fourth-order valence-corrected chi connectivity index (χ4v) is 2.90. The van der Waals surface area contributed by atoms with Crippen molar-refractivity contribution in [3.05, 3.63) is 41.0 Å². The van der Waals surface area contributed by atoms with E-state index in [2.05, 4.69) is 5.32 Å². The molecule has 24 heavy (non-hydrogen) atoms. The molecule has 1 aliphatic rings. The monoisotopic (exact) mass is 336 g/mol. The Morgan fingerprint density at radius 1 is 1.33 bits per heavy atom. The van der Waals surface area contributed by atoms with Crippen LogP contribution < -0.4 is 5.32 Å². The van der Waals surface area contributed by atoms with Crippen molar-refractivity contribution in [2.45, 2.75) is 44.8 Å². The normalized spacial score (nSPS) is 21.9. The van der Waals surface area contributed by atoms with Gasteiger partial charge in [-0.25, -0.2) is 0 Å². The lowest BCUT2D eigenvalue weighted by atomic mass is 9.86. The minimum absolute atomic E-state index is 0.00418. The van der Waals surface area contributed by atoms with Crippen molar-refractivity contribution in [2.75, 3.05) is 0 Å². The molecule has 1 aliphatic carbocycles. The Hall–Kier alpha value is -2.29. The first-order chi connectivity index (χ1) is 11.3. The molecule has 128 valence electrons. The van der Waals surface area contributed by atoms with E-state index in [4.69, 9.17) is 0 Å². The Labute approximate surface area is 139 Å². The van der Waals surface area contributed by atoms with E-state index >= 15 is 0 Å². The first kappa shape index (κ1) is 18.1. The Balaban J connectivity index is 2.17. The molecule has 0 saturated heterocycles. The third-order valence-corrected chi connectivity index (χ3v) is 4.32. The second kappa shape index (κ2) is 7.52. The fraction of sp³-hybridized carbons (Fsp3) is 0.444. The van der Waals surface area contributed by atoms with Crippen LogP contribution in [0.4, 0.5) is 13.2 Å². The first-order valence-corrected chi connectivity index (χ1v) is 7.91. The number of hydrogen-bond acceptors (Lipinski definition) is 2. The summed E-state index contributed by atoms with van der Waals surface area (Å²) < 4.78 is 38.2. The van der Waals surface area contributed by atoms with Gasteiger partial charge in [0.1, 0.15) is 11.6 Å². The molecule has 1 aromatic rings. The molecule has 2 atom stereocenters. The fourth-order valence-electron chi connectivity index (χ4n) is 2.90. The highest BCUT2D eigenvalue weighted by atomic mass is 19.4. The van der Waals surface area contributed by atoms with Crippen molar-refractivity contribution in [1.29, 1.82) is 5.26 Å². The number of halogens is 3. The van der Waals surface area contributed by atoms with E-state index in [9.17, 15) is 23.2 Å². The predicted octanol–water partition coefficient (Wildman–Crippen LogP) is 4.31. The molecule has 0 aromatic heterocycles. The molecule has 1 saturated carbocycles. The van der Waals surface area contributed by atoms with E-state index in [0.717, 1.165) is 37.8 Å². The summed E-state index contributed by atoms with van der Waals surface area (Å²) >= 11 is 0. The zero-order chi connectivity index (χ0) is 17.7. The van der Waals surface area contributed by atoms with Gasteiger partial charge in [0.2, 0.25) is 0 Å². The maximum atomic E-state index is 12.7. The van der Waals surface area contributed by atoms with Crippen LogP contribution in [0.25, 0.3) is 6.08 Å². The topological polar surface area (TPSA) is 52.9 Å². The highest BCUT2D eigenvalue weighted by Gasteiger charge is 2.30. The number of nitriles is 1. The van der Waals surface area contributed by atoms with Gasteiger partial charge < -0.3 is 5.32 Å². The van der Waals surface area contributed by atoms with Gasteiger partial charge in [-0.2, -0.15) is 18.4 Å². The highest BCUT2D eigenvalue weighted by Crippen LogP contribution is 2.30. The van der Waals surface area contributed by atoms with Crippen LogP contribution in [0, 0.1) is 17.2 Å². The summed E-state index contributed by atoms with van der Waals surface area (Å²) in [5.74, 6) is -0.204. The minimum Gasteiger partial charge on any atom is -0.348 e. The molecule has 6 heteroatoms. The standard InChI is InChI=1S/C18H19F3N2O/c1-12-5-2-3-8-16(12)23-17(24)14(11-22)9-13-6-4-7-15(10-13)18(19,20)21/h4,6-7,9-10,12,16H,2-3,5,8H2,1H3,(H,23,24)/b14-9+/t12-,16-/m1/s1. The summed E-state index contributed by atoms with van der Waals surface area (Å²) in [6.45, 7) is 2.05. The highest BCUT2D eigenvalue weighted by molar-refractivity contribution is 6.01. The lowest BCUT2D eigenvalue weighted by Gasteiger charge is -2.29. The molecular weight excluding hydrogens is 317 g/mol. The first-order valence-electron chi connectivity index (χ1n) is 7.91. The van der Waals surface area contributed by atoms with Gasteiger partial charge in [-0.05, 0) is 42.5 Å². The molecule has 1 fully saturated rings. The van der Waals surface area contributed by atoms with Gasteiger partial charge in [-0.3, -0.25) is 4.79 Å². The Morgan fingerprint density at radius 2 is 2.04 bits per heavy atom. The van der Waals surface area contributed by atoms with E-state index in [0.29, 0.717) is 5.92 Å². The summed E-state index contributed by atoms with van der Waals surface area (Å²) in [5.41, 5.74) is -0.824. The summed E-state index contributed by atoms with van der Waals surface area (Å²) in [7, 11) is 0. The van der Waals surface area contributed by atoms with Crippen LogP contribution in [0.1, 0.15) is 43.7 Å². The Morgan fingerprint density at radius 3 is 2.67 bits per heavy atom. The van der Waals surface area contributed by atoms with Crippen LogP contribution in [-0.4, -0.2) is 11.9 Å². The molecule has 0 bridgehead atoms. The summed E-state index contributed by atoms with van der Waals surface area (Å²) in [5, 5.41) is 12.0. The summed E-state index contributed by atoms with van der Waals surface area (Å²) in [6, 6.07) is 6.35. The van der Waals surface area contributed by atoms with Gasteiger partial charge in [-0.1, -0.05) is 31.9 Å². The van der Waals surface area contributed by atoms with Crippen LogP contribution >= 0.6 is 0 Å². The van der Waals surface area contributed by atoms with Crippen molar-refractivity contribution < 1.29 is 18.0 Å². The van der Waals surface area contributed by atoms with Gasteiger partial charge in [0.05, 0.1) is 5.56 Å². The van der Waals surface area contributed by atoms with E-state index in [1.807, 2.05) is 6.92 Å². The lowest BCUT2D eigenvalue weighted by Crippen LogP contribution is -2.41. The Bertz CT molecular complexity index is 674. The molecule has 0 unspecified atom stereocenters. The lowest BCUT2D eigenvalue weighted by molar-refractivity contribution is -0.137. The number of rotatable bonds is 3. The third-order valence-electron chi connectivity index (χ3n) is 4.32. The van der Waals surface area contributed by atoms with Crippen molar-refractivity contribution in [2.24, 2.45) is 5.92 Å². The summed E-state index contributed by atoms with van der Waals surface area (Å²) in [6.07, 6.45) is 0.751. The molecule has 2 rings (SSSR count). The largest absolute Gasteiger partial charge is 0.416 e. The number of carbonyl (C=O) groups is 1. The van der Waals surface area contributed by atoms with Crippen molar-refractivity contribution >= 4 is 12.0 Å². The van der Waals surface area contributed by atoms with E-state index in [-0.39, 0.29) is 17.2 Å². The summed E-state index contributed by atoms with van der Waals surface area (Å²) in [4.78, 5) is 12.3. The van der Waals surface area contributed by atoms with E-state index < -0.39 is 17.6 Å². The number of amides is 1. The Kier molecular flexibility index (Phi) is 5.66. The third kappa shape index (κ3) is 4.60. The van der Waals surface area contributed by atoms with Crippen LogP contribution in [0.15, 0.2) is 29.8 Å². The minimum atomic E-state index is -4.46. The average molecular weight is 336 g/mol. The maximum absolute atomic E-state index is 12.7. The van der Waals surface area contributed by atoms with Crippen LogP contribution in [0.3, 0.4) is 0 Å². The van der Waals surface area contributed by atoms with Crippen molar-refractivity contribution in [3.63, 3.8) is 0 Å². The number of alkyl halides is 3. The smallest absolute Gasteiger partial charge is 0.348 e. The maximum Gasteiger partial charge on any atom is 0.416 e. The van der Waals surface area contributed by atoms with Crippen LogP contribution in [0.2, 0.25) is 0 Å². The molecule has 1 amide bonds. The molecule has 0 aliphatic heterocycles. The predicted molar refractivity (Wildman–Crippen MR) is 84.6 cm³/mol. The number of hydrogen-bond donors (Lipinski definition) is 1. The molecule has 0 spiro atoms. The SMILES string of the molecule is C[C@@H]1CCCC[C@H]1NC(=O)/C(C#N)=C/c1cccc(C(F)(F)F)c1. The van der Waals surface area contributed by atoms with Crippen LogP contribution in [0.5, 0.6) is 0 Å². The molecule has 3 nitrogen and oxygen atoms in total. The number of benzene rings is 1. The number of nitrogens with zero attached hydrogens (tertiary/aromatic N) is 1. The van der Waals surface area contributed by atoms with Crippen molar-refractivity contribution in [1.82, 2.24) is 5.32 Å². The van der Waals surface area contributed by atoms with Gasteiger partial charge in [0.15, 0.2) is 0 Å². The van der Waals surface area contributed by atoms with Gasteiger partial charge in [-0.15, -0.1) is 0 Å². The molecule has 0 heterocycles. The number of carbonyl (C=O) groups excluding carboxylic acids is 1. The molecule has 1 N–H and O–H groups in total. The van der Waals surface area contributed by atoms with Gasteiger partial charge in [0.25, 0.3) is 5.91 Å². The molecule has 0 radical (unpaired) electrons. The average Bonchev–Trinajstić information content (AvgIpc) is 2.54. The van der Waals surface area contributed by atoms with Crippen molar-refractivity contribution in [3.8, 4) is 6.07 Å².